The van der Waals surface area contributed by atoms with Crippen LogP contribution in [-0.2, 0) is 4.79 Å². The van der Waals surface area contributed by atoms with Gasteiger partial charge in [0.15, 0.2) is 0 Å². The zero-order valence-corrected chi connectivity index (χ0v) is 14.7. The van der Waals surface area contributed by atoms with E-state index in [0.29, 0.717) is 6.54 Å². The average molecular weight is 343 g/mol. The number of imidazole rings is 1. The lowest BCUT2D eigenvalue weighted by Gasteiger charge is -2.35. The molecule has 0 amide bonds. The summed E-state index contributed by atoms with van der Waals surface area (Å²) in [5, 5.41) is 9.27. The van der Waals surface area contributed by atoms with Crippen molar-refractivity contribution in [2.45, 2.75) is 32.7 Å². The fourth-order valence-electron chi connectivity index (χ4n) is 3.43. The van der Waals surface area contributed by atoms with Crippen LogP contribution in [0, 0.1) is 5.41 Å². The predicted molar refractivity (Wildman–Crippen MR) is 96.6 cm³/mol. The summed E-state index contributed by atoms with van der Waals surface area (Å²) < 4.78 is 1.79. The lowest BCUT2D eigenvalue weighted by molar-refractivity contribution is -0.148. The molecule has 6 heteroatoms. The number of H-pyrrole nitrogens is 1. The first-order chi connectivity index (χ1) is 11.9. The van der Waals surface area contributed by atoms with Crippen LogP contribution < -0.4 is 5.69 Å². The molecule has 0 spiro atoms. The minimum absolute atomic E-state index is 0.0804. The van der Waals surface area contributed by atoms with E-state index in [0.717, 1.165) is 37.2 Å². The summed E-state index contributed by atoms with van der Waals surface area (Å²) in [6.07, 6.45) is 3.60. The van der Waals surface area contributed by atoms with E-state index < -0.39 is 11.4 Å². The van der Waals surface area contributed by atoms with E-state index >= 15 is 0 Å². The Balaban J connectivity index is 1.67. The maximum Gasteiger partial charge on any atom is 0.326 e. The minimum Gasteiger partial charge on any atom is -0.481 e. The highest BCUT2D eigenvalue weighted by atomic mass is 16.4. The summed E-state index contributed by atoms with van der Waals surface area (Å²) in [5.74, 6) is -0.774. The Bertz CT molecular complexity index is 784. The number of carbonyl (C=O) groups is 1. The second-order valence-electron chi connectivity index (χ2n) is 7.44. The van der Waals surface area contributed by atoms with Gasteiger partial charge in [-0.15, -0.1) is 0 Å². The van der Waals surface area contributed by atoms with E-state index in [1.165, 1.54) is 0 Å². The van der Waals surface area contributed by atoms with Crippen molar-refractivity contribution in [3.63, 3.8) is 0 Å². The smallest absolute Gasteiger partial charge is 0.326 e. The molecule has 2 heterocycles. The van der Waals surface area contributed by atoms with Gasteiger partial charge in [-0.1, -0.05) is 30.3 Å². The van der Waals surface area contributed by atoms with Crippen LogP contribution in [-0.4, -0.2) is 45.2 Å². The van der Waals surface area contributed by atoms with E-state index in [-0.39, 0.29) is 11.7 Å². The highest BCUT2D eigenvalue weighted by molar-refractivity contribution is 5.73. The highest BCUT2D eigenvalue weighted by Gasteiger charge is 2.32. The monoisotopic (exact) mass is 343 g/mol. The third-order valence-corrected chi connectivity index (χ3v) is 4.98. The Kier molecular flexibility index (Phi) is 4.81. The number of aliphatic carboxylic acids is 1. The van der Waals surface area contributed by atoms with Crippen molar-refractivity contribution in [2.75, 3.05) is 19.6 Å². The molecule has 0 bridgehead atoms. The van der Waals surface area contributed by atoms with E-state index in [9.17, 15) is 14.7 Å². The van der Waals surface area contributed by atoms with Gasteiger partial charge in [-0.05, 0) is 32.3 Å². The maximum absolute atomic E-state index is 12.3. The molecule has 0 aliphatic carbocycles. The van der Waals surface area contributed by atoms with Crippen molar-refractivity contribution in [1.29, 1.82) is 0 Å². The van der Waals surface area contributed by atoms with E-state index in [4.69, 9.17) is 0 Å². The maximum atomic E-state index is 12.3. The fraction of sp³-hybridized carbons (Fsp3) is 0.474. The van der Waals surface area contributed by atoms with Gasteiger partial charge in [0.05, 0.1) is 11.1 Å². The number of hydrogen-bond donors (Lipinski definition) is 2. The van der Waals surface area contributed by atoms with Gasteiger partial charge in [-0.25, -0.2) is 4.79 Å². The first-order valence-electron chi connectivity index (χ1n) is 8.69. The van der Waals surface area contributed by atoms with Gasteiger partial charge in [-0.2, -0.15) is 0 Å². The molecule has 3 rings (SSSR count). The van der Waals surface area contributed by atoms with Gasteiger partial charge in [0.2, 0.25) is 0 Å². The first kappa shape index (κ1) is 17.5. The normalized spacial score (nSPS) is 16.9. The lowest BCUT2D eigenvalue weighted by Crippen LogP contribution is -2.44. The number of carboxylic acids is 1. The highest BCUT2D eigenvalue weighted by Crippen LogP contribution is 2.26. The Morgan fingerprint density at radius 1 is 1.24 bits per heavy atom. The molecule has 1 aliphatic rings. The summed E-state index contributed by atoms with van der Waals surface area (Å²) in [7, 11) is 0. The van der Waals surface area contributed by atoms with Crippen molar-refractivity contribution in [2.24, 2.45) is 5.41 Å². The topological polar surface area (TPSA) is 78.3 Å². The summed E-state index contributed by atoms with van der Waals surface area (Å²) in [5.41, 5.74) is 1.00. The van der Waals surface area contributed by atoms with Gasteiger partial charge in [-0.3, -0.25) is 9.36 Å². The Morgan fingerprint density at radius 2 is 1.88 bits per heavy atom. The Labute approximate surface area is 147 Å². The molecular weight excluding hydrogens is 318 g/mol. The third-order valence-electron chi connectivity index (χ3n) is 4.98. The van der Waals surface area contributed by atoms with Crippen molar-refractivity contribution < 1.29 is 9.90 Å². The van der Waals surface area contributed by atoms with Crippen LogP contribution in [0.25, 0.3) is 11.3 Å². The number of rotatable bonds is 5. The van der Waals surface area contributed by atoms with Crippen molar-refractivity contribution in [3.05, 3.63) is 47.0 Å². The number of aromatic amines is 1. The number of aromatic nitrogens is 2. The molecular formula is C19H25N3O3. The van der Waals surface area contributed by atoms with E-state index in [2.05, 4.69) is 9.88 Å². The molecule has 134 valence electrons. The number of nitrogens with zero attached hydrogens (tertiary/aromatic N) is 2. The number of carboxylic acid groups (broad SMARTS) is 1. The summed E-state index contributed by atoms with van der Waals surface area (Å²) in [4.78, 5) is 28.7. The number of benzene rings is 1. The fourth-order valence-corrected chi connectivity index (χ4v) is 3.43. The largest absolute Gasteiger partial charge is 0.481 e. The summed E-state index contributed by atoms with van der Waals surface area (Å²) in [6.45, 7) is 5.65. The number of hydrogen-bond acceptors (Lipinski definition) is 3. The molecule has 1 aromatic carbocycles. The van der Waals surface area contributed by atoms with Gasteiger partial charge in [0.1, 0.15) is 0 Å². The molecule has 1 aromatic heterocycles. The van der Waals surface area contributed by atoms with Crippen LogP contribution in [0.5, 0.6) is 0 Å². The number of likely N-dealkylation sites (tertiary alicyclic amines) is 1. The standard InChI is InChI=1S/C19H25N3O3/c1-19(2,17(23)24)13-21-10-8-15(9-11-21)22-12-16(20-18(22)25)14-6-4-3-5-7-14/h3-7,12,15H,8-11,13H2,1-2H3,(H,20,25)(H,23,24). The van der Waals surface area contributed by atoms with E-state index in [1.807, 2.05) is 36.5 Å². The first-order valence-corrected chi connectivity index (χ1v) is 8.69. The van der Waals surface area contributed by atoms with Crippen molar-refractivity contribution in [3.8, 4) is 11.3 Å². The molecule has 1 fully saturated rings. The van der Waals surface area contributed by atoms with Crippen molar-refractivity contribution >= 4 is 5.97 Å². The van der Waals surface area contributed by atoms with Crippen LogP contribution >= 0.6 is 0 Å². The van der Waals surface area contributed by atoms with Crippen LogP contribution in [0.4, 0.5) is 0 Å². The Hall–Kier alpha value is -2.34. The summed E-state index contributed by atoms with van der Waals surface area (Å²) >= 11 is 0. The van der Waals surface area contributed by atoms with Crippen molar-refractivity contribution in [1.82, 2.24) is 14.5 Å². The molecule has 2 aromatic rings. The molecule has 0 unspecified atom stereocenters. The van der Waals surface area contributed by atoms with E-state index in [1.54, 1.807) is 18.4 Å². The SMILES string of the molecule is CC(C)(CN1CCC(n2cc(-c3ccccc3)[nH]c2=O)CC1)C(=O)O. The molecule has 0 atom stereocenters. The van der Waals surface area contributed by atoms with Gasteiger partial charge < -0.3 is 15.0 Å². The van der Waals surface area contributed by atoms with Crippen LogP contribution in [0.1, 0.15) is 32.7 Å². The third kappa shape index (κ3) is 3.85. The molecule has 1 aliphatic heterocycles. The zero-order valence-electron chi connectivity index (χ0n) is 14.7. The van der Waals surface area contributed by atoms with Gasteiger partial charge in [0, 0.05) is 31.9 Å². The average Bonchev–Trinajstić information content (AvgIpc) is 2.98. The molecule has 2 N–H and O–H groups in total. The number of nitrogens with one attached hydrogen (secondary N) is 1. The van der Waals surface area contributed by atoms with Crippen LogP contribution in [0.3, 0.4) is 0 Å². The lowest BCUT2D eigenvalue weighted by atomic mass is 9.91. The minimum atomic E-state index is -0.774. The second-order valence-corrected chi connectivity index (χ2v) is 7.44. The molecule has 1 saturated heterocycles. The second kappa shape index (κ2) is 6.88. The molecule has 25 heavy (non-hydrogen) atoms. The Morgan fingerprint density at radius 3 is 2.48 bits per heavy atom. The van der Waals surface area contributed by atoms with Crippen LogP contribution in [0.2, 0.25) is 0 Å². The zero-order chi connectivity index (χ0) is 18.0. The van der Waals surface area contributed by atoms with Gasteiger partial charge in [0.25, 0.3) is 0 Å². The van der Waals surface area contributed by atoms with Gasteiger partial charge >= 0.3 is 11.7 Å². The summed E-state index contributed by atoms with van der Waals surface area (Å²) in [6, 6.07) is 9.97. The van der Waals surface area contributed by atoms with Crippen LogP contribution in [0.15, 0.2) is 41.3 Å². The predicted octanol–water partition coefficient (Wildman–Crippen LogP) is 2.59. The molecule has 0 radical (unpaired) electrons. The molecule has 6 nitrogen and oxygen atoms in total. The number of piperidine rings is 1. The molecule has 0 saturated carbocycles. The quantitative estimate of drug-likeness (QED) is 0.875.